The average molecular weight is 314 g/mol. The van der Waals surface area contributed by atoms with Gasteiger partial charge in [0, 0.05) is 17.1 Å². The second kappa shape index (κ2) is 5.95. The Kier molecular flexibility index (Phi) is 4.84. The predicted octanol–water partition coefficient (Wildman–Crippen LogP) is 3.19. The fourth-order valence-corrected chi connectivity index (χ4v) is 1.52. The van der Waals surface area contributed by atoms with E-state index in [0.717, 1.165) is 0 Å². The Morgan fingerprint density at radius 3 is 2.78 bits per heavy atom. The van der Waals surface area contributed by atoms with Gasteiger partial charge in [-0.3, -0.25) is 5.32 Å². The number of nitrogens with one attached hydrogen (secondary N) is 2. The van der Waals surface area contributed by atoms with Gasteiger partial charge < -0.3 is 10.1 Å². The summed E-state index contributed by atoms with van der Waals surface area (Å²) in [5.74, 6) is 0.330. The van der Waals surface area contributed by atoms with Crippen LogP contribution in [-0.4, -0.2) is 27.7 Å². The normalized spacial score (nSPS) is 10.9. The van der Waals surface area contributed by atoms with E-state index < -0.39 is 11.7 Å². The van der Waals surface area contributed by atoms with Crippen molar-refractivity contribution in [3.05, 3.63) is 23.9 Å². The van der Waals surface area contributed by atoms with E-state index in [9.17, 15) is 4.79 Å². The van der Waals surface area contributed by atoms with Crippen LogP contribution < -0.4 is 5.32 Å². The Bertz CT molecular complexity index is 455. The Morgan fingerprint density at radius 2 is 2.22 bits per heavy atom. The first-order valence-corrected chi connectivity index (χ1v) is 6.54. The van der Waals surface area contributed by atoms with Gasteiger partial charge in [-0.1, -0.05) is 15.9 Å². The van der Waals surface area contributed by atoms with Gasteiger partial charge >= 0.3 is 6.09 Å². The van der Waals surface area contributed by atoms with Gasteiger partial charge in [-0.05, 0) is 32.9 Å². The van der Waals surface area contributed by atoms with Crippen LogP contribution in [0.5, 0.6) is 0 Å². The van der Waals surface area contributed by atoms with E-state index in [4.69, 9.17) is 10.1 Å². The van der Waals surface area contributed by atoms with Crippen LogP contribution >= 0.6 is 15.9 Å². The van der Waals surface area contributed by atoms with Crippen molar-refractivity contribution in [1.29, 1.82) is 5.41 Å². The van der Waals surface area contributed by atoms with Crippen molar-refractivity contribution in [2.45, 2.75) is 26.4 Å². The van der Waals surface area contributed by atoms with Crippen molar-refractivity contribution >= 4 is 33.6 Å². The van der Waals surface area contributed by atoms with Crippen LogP contribution in [0.3, 0.4) is 0 Å². The molecule has 0 saturated carbocycles. The molecule has 0 saturated heterocycles. The first kappa shape index (κ1) is 14.6. The maximum Gasteiger partial charge on any atom is 0.413 e. The monoisotopic (exact) mass is 313 g/mol. The summed E-state index contributed by atoms with van der Waals surface area (Å²) >= 11 is 3.20. The minimum Gasteiger partial charge on any atom is -0.444 e. The van der Waals surface area contributed by atoms with E-state index in [1.807, 2.05) is 0 Å². The molecule has 0 aliphatic carbocycles. The second-order valence-electron chi connectivity index (χ2n) is 4.64. The van der Waals surface area contributed by atoms with Crippen LogP contribution in [0.25, 0.3) is 0 Å². The minimum atomic E-state index is -0.579. The second-order valence-corrected chi connectivity index (χ2v) is 5.20. The molecule has 98 valence electrons. The highest BCUT2D eigenvalue weighted by atomic mass is 79.9. The van der Waals surface area contributed by atoms with Gasteiger partial charge in [-0.2, -0.15) is 0 Å². The fraction of sp³-hybridized carbons (Fsp3) is 0.417. The third-order valence-electron chi connectivity index (χ3n) is 1.89. The quantitative estimate of drug-likeness (QED) is 0.664. The molecule has 1 aromatic heterocycles. The van der Waals surface area contributed by atoms with Crippen molar-refractivity contribution in [1.82, 2.24) is 4.98 Å². The van der Waals surface area contributed by atoms with Gasteiger partial charge in [0.25, 0.3) is 0 Å². The van der Waals surface area contributed by atoms with Gasteiger partial charge in [-0.25, -0.2) is 9.78 Å². The SMILES string of the molecule is CC(C)(C)OC(=O)Nc1ncccc1C(=N)CBr. The van der Waals surface area contributed by atoms with Gasteiger partial charge in [0.15, 0.2) is 0 Å². The lowest BCUT2D eigenvalue weighted by atomic mass is 10.2. The van der Waals surface area contributed by atoms with Crippen LogP contribution in [0.15, 0.2) is 18.3 Å². The summed E-state index contributed by atoms with van der Waals surface area (Å²) in [6.07, 6.45) is 0.974. The summed E-state index contributed by atoms with van der Waals surface area (Å²) < 4.78 is 5.14. The standard InChI is InChI=1S/C12H16BrN3O2/c1-12(2,3)18-11(17)16-10-8(9(14)7-13)5-4-6-15-10/h4-6,14H,7H2,1-3H3,(H,15,16,17). The molecule has 0 aromatic carbocycles. The third-order valence-corrected chi connectivity index (χ3v) is 2.45. The number of hydrogen-bond acceptors (Lipinski definition) is 4. The highest BCUT2D eigenvalue weighted by Gasteiger charge is 2.18. The van der Waals surface area contributed by atoms with E-state index in [-0.39, 0.29) is 0 Å². The van der Waals surface area contributed by atoms with Crippen LogP contribution in [0.2, 0.25) is 0 Å². The number of aromatic nitrogens is 1. The number of ether oxygens (including phenoxy) is 1. The average Bonchev–Trinajstić information content (AvgIpc) is 2.26. The predicted molar refractivity (Wildman–Crippen MR) is 74.7 cm³/mol. The van der Waals surface area contributed by atoms with Crippen molar-refractivity contribution in [2.75, 3.05) is 10.6 Å². The van der Waals surface area contributed by atoms with Gasteiger partial charge in [0.1, 0.15) is 11.4 Å². The van der Waals surface area contributed by atoms with Gasteiger partial charge in [-0.15, -0.1) is 0 Å². The van der Waals surface area contributed by atoms with Crippen LogP contribution in [-0.2, 0) is 4.74 Å². The number of pyridine rings is 1. The lowest BCUT2D eigenvalue weighted by molar-refractivity contribution is 0.0635. The first-order valence-electron chi connectivity index (χ1n) is 5.42. The lowest BCUT2D eigenvalue weighted by Crippen LogP contribution is -2.28. The van der Waals surface area contributed by atoms with Crippen molar-refractivity contribution in [3.63, 3.8) is 0 Å². The molecule has 5 nitrogen and oxygen atoms in total. The van der Waals surface area contributed by atoms with Crippen LogP contribution in [0.4, 0.5) is 10.6 Å². The van der Waals surface area contributed by atoms with E-state index in [2.05, 4.69) is 26.2 Å². The smallest absolute Gasteiger partial charge is 0.413 e. The molecule has 1 heterocycles. The number of amides is 1. The molecule has 0 atom stereocenters. The topological polar surface area (TPSA) is 75.1 Å². The summed E-state index contributed by atoms with van der Waals surface area (Å²) in [7, 11) is 0. The third kappa shape index (κ3) is 4.44. The number of anilines is 1. The lowest BCUT2D eigenvalue weighted by Gasteiger charge is -2.20. The molecule has 18 heavy (non-hydrogen) atoms. The van der Waals surface area contributed by atoms with Crippen molar-refractivity contribution in [3.8, 4) is 0 Å². The summed E-state index contributed by atoms with van der Waals surface area (Å²) in [6, 6.07) is 3.44. The number of nitrogens with zero attached hydrogens (tertiary/aromatic N) is 1. The van der Waals surface area contributed by atoms with E-state index in [1.54, 1.807) is 39.1 Å². The zero-order valence-electron chi connectivity index (χ0n) is 10.6. The maximum absolute atomic E-state index is 11.6. The maximum atomic E-state index is 11.6. The number of rotatable bonds is 3. The summed E-state index contributed by atoms with van der Waals surface area (Å²) in [5, 5.41) is 10.7. The molecule has 1 rings (SSSR count). The highest BCUT2D eigenvalue weighted by molar-refractivity contribution is 9.09. The van der Waals surface area contributed by atoms with Gasteiger partial charge in [0.2, 0.25) is 0 Å². The number of hydrogen-bond donors (Lipinski definition) is 2. The first-order chi connectivity index (χ1) is 8.33. The van der Waals surface area contributed by atoms with Crippen LogP contribution in [0, 0.1) is 5.41 Å². The molecule has 0 aliphatic rings. The Balaban J connectivity index is 2.85. The number of alkyl halides is 1. The minimum absolute atomic E-state index is 0.330. The van der Waals surface area contributed by atoms with Crippen LogP contribution in [0.1, 0.15) is 26.3 Å². The Hall–Kier alpha value is -1.43. The molecular weight excluding hydrogens is 298 g/mol. The van der Waals surface area contributed by atoms with Crippen molar-refractivity contribution in [2.24, 2.45) is 0 Å². The largest absolute Gasteiger partial charge is 0.444 e. The number of carbonyl (C=O) groups is 1. The zero-order chi connectivity index (χ0) is 13.8. The molecule has 0 aliphatic heterocycles. The summed E-state index contributed by atoms with van der Waals surface area (Å²) in [6.45, 7) is 5.35. The summed E-state index contributed by atoms with van der Waals surface area (Å²) in [4.78, 5) is 15.7. The molecular formula is C12H16BrN3O2. The zero-order valence-corrected chi connectivity index (χ0v) is 12.2. The molecule has 0 spiro atoms. The molecule has 0 bridgehead atoms. The molecule has 0 radical (unpaired) electrons. The van der Waals surface area contributed by atoms with E-state index >= 15 is 0 Å². The molecule has 6 heteroatoms. The molecule has 2 N–H and O–H groups in total. The van der Waals surface area contributed by atoms with E-state index in [1.165, 1.54) is 0 Å². The highest BCUT2D eigenvalue weighted by Crippen LogP contribution is 2.15. The molecule has 1 aromatic rings. The fourth-order valence-electron chi connectivity index (χ4n) is 1.22. The van der Waals surface area contributed by atoms with E-state index in [0.29, 0.717) is 22.4 Å². The van der Waals surface area contributed by atoms with Crippen molar-refractivity contribution < 1.29 is 9.53 Å². The Morgan fingerprint density at radius 1 is 1.56 bits per heavy atom. The number of halogens is 1. The summed E-state index contributed by atoms with van der Waals surface area (Å²) in [5.41, 5.74) is 0.344. The van der Waals surface area contributed by atoms with Gasteiger partial charge in [0.05, 0.1) is 5.71 Å². The molecule has 1 amide bonds. The number of carbonyl (C=O) groups excluding carboxylic acids is 1. The molecule has 0 fully saturated rings. The Labute approximate surface area is 115 Å². The molecule has 0 unspecified atom stereocenters.